The number of thioether (sulfide) groups is 1. The summed E-state index contributed by atoms with van der Waals surface area (Å²) in [5, 5.41) is 0. The largest absolute Gasteiger partial charge is 0.457 e. The molecule has 0 spiro atoms. The van der Waals surface area contributed by atoms with E-state index in [1.807, 2.05) is 0 Å². The molecule has 3 rings (SSSR count). The van der Waals surface area contributed by atoms with Crippen molar-refractivity contribution in [3.05, 3.63) is 71.5 Å². The highest BCUT2D eigenvalue weighted by molar-refractivity contribution is 8.26. The first-order chi connectivity index (χ1) is 12.1. The highest BCUT2D eigenvalue weighted by Crippen LogP contribution is 2.32. The minimum absolute atomic E-state index is 0.134. The number of furan rings is 1. The van der Waals surface area contributed by atoms with Gasteiger partial charge in [0.15, 0.2) is 0 Å². The Bertz CT molecular complexity index is 854. The van der Waals surface area contributed by atoms with E-state index in [-0.39, 0.29) is 11.7 Å². The summed E-state index contributed by atoms with van der Waals surface area (Å²) in [4.78, 5) is 26.1. The summed E-state index contributed by atoms with van der Waals surface area (Å²) in [7, 11) is 0. The summed E-state index contributed by atoms with van der Waals surface area (Å²) >= 11 is 6.45. The molecule has 0 unspecified atom stereocenters. The number of esters is 1. The van der Waals surface area contributed by atoms with Crippen molar-refractivity contribution in [3.63, 3.8) is 0 Å². The molecule has 1 amide bonds. The van der Waals surface area contributed by atoms with Gasteiger partial charge in [-0.05, 0) is 35.9 Å². The third-order valence-electron chi connectivity index (χ3n) is 3.30. The van der Waals surface area contributed by atoms with Crippen LogP contribution in [0.25, 0.3) is 6.08 Å². The number of rotatable bonds is 5. The van der Waals surface area contributed by atoms with Crippen LogP contribution in [0, 0.1) is 0 Å². The lowest BCUT2D eigenvalue weighted by atomic mass is 10.2. The van der Waals surface area contributed by atoms with Gasteiger partial charge in [0.25, 0.3) is 5.91 Å². The molecular formula is C18H13NO4S2. The molecule has 126 valence electrons. The third kappa shape index (κ3) is 3.89. The molecule has 0 saturated carbocycles. The molecule has 1 aliphatic heterocycles. The molecule has 0 aliphatic carbocycles. The summed E-state index contributed by atoms with van der Waals surface area (Å²) in [6, 6.07) is 9.95. The fourth-order valence-electron chi connectivity index (χ4n) is 2.12. The van der Waals surface area contributed by atoms with E-state index >= 15 is 0 Å². The van der Waals surface area contributed by atoms with Crippen LogP contribution in [0.4, 0.5) is 0 Å². The van der Waals surface area contributed by atoms with Crippen molar-refractivity contribution in [1.29, 1.82) is 0 Å². The summed E-state index contributed by atoms with van der Waals surface area (Å²) in [6.07, 6.45) is 4.79. The van der Waals surface area contributed by atoms with Gasteiger partial charge >= 0.3 is 5.97 Å². The second-order valence-corrected chi connectivity index (χ2v) is 6.69. The molecule has 5 nitrogen and oxygen atoms in total. The van der Waals surface area contributed by atoms with Gasteiger partial charge in [-0.2, -0.15) is 0 Å². The third-order valence-corrected chi connectivity index (χ3v) is 4.67. The SMILES string of the molecule is C=CCN1C(=O)C(=Cc2ccc(OC(=O)c3ccco3)cc2)SC1=S. The zero-order valence-corrected chi connectivity index (χ0v) is 14.6. The minimum Gasteiger partial charge on any atom is -0.457 e. The van der Waals surface area contributed by atoms with Crippen molar-refractivity contribution in [3.8, 4) is 5.75 Å². The number of thiocarbonyl (C=S) groups is 1. The van der Waals surface area contributed by atoms with Gasteiger partial charge in [-0.25, -0.2) is 4.79 Å². The molecule has 0 N–H and O–H groups in total. The van der Waals surface area contributed by atoms with Gasteiger partial charge in [-0.3, -0.25) is 9.69 Å². The van der Waals surface area contributed by atoms with Crippen LogP contribution in [0.15, 0.2) is 64.6 Å². The normalized spacial score (nSPS) is 15.7. The Labute approximate surface area is 153 Å². The lowest BCUT2D eigenvalue weighted by Gasteiger charge is -2.10. The lowest BCUT2D eigenvalue weighted by Crippen LogP contribution is -2.27. The van der Waals surface area contributed by atoms with E-state index in [0.717, 1.165) is 5.56 Å². The predicted molar refractivity (Wildman–Crippen MR) is 100 cm³/mol. The monoisotopic (exact) mass is 371 g/mol. The molecular weight excluding hydrogens is 358 g/mol. The van der Waals surface area contributed by atoms with Crippen LogP contribution < -0.4 is 4.74 Å². The van der Waals surface area contributed by atoms with Gasteiger partial charge in [-0.15, -0.1) is 6.58 Å². The molecule has 1 saturated heterocycles. The van der Waals surface area contributed by atoms with E-state index in [1.54, 1.807) is 42.5 Å². The highest BCUT2D eigenvalue weighted by atomic mass is 32.2. The van der Waals surface area contributed by atoms with Gasteiger partial charge in [0.1, 0.15) is 10.1 Å². The van der Waals surface area contributed by atoms with Crippen molar-refractivity contribution in [2.75, 3.05) is 6.54 Å². The van der Waals surface area contributed by atoms with Crippen LogP contribution >= 0.6 is 24.0 Å². The maximum absolute atomic E-state index is 12.3. The van der Waals surface area contributed by atoms with E-state index in [0.29, 0.717) is 21.5 Å². The average molecular weight is 371 g/mol. The highest BCUT2D eigenvalue weighted by Gasteiger charge is 2.30. The summed E-state index contributed by atoms with van der Waals surface area (Å²) in [5.41, 5.74) is 0.803. The standard InChI is InChI=1S/C18H13NO4S2/c1-2-9-19-16(20)15(25-18(19)24)11-12-5-7-13(8-6-12)23-17(21)14-4-3-10-22-14/h2-8,10-11H,1,9H2. The van der Waals surface area contributed by atoms with Crippen LogP contribution in [0.5, 0.6) is 5.75 Å². The maximum atomic E-state index is 12.3. The number of benzene rings is 1. The predicted octanol–water partition coefficient (Wildman–Crippen LogP) is 3.89. The topological polar surface area (TPSA) is 59.8 Å². The Balaban J connectivity index is 1.70. The van der Waals surface area contributed by atoms with Gasteiger partial charge in [-0.1, -0.05) is 42.2 Å². The molecule has 0 radical (unpaired) electrons. The summed E-state index contributed by atoms with van der Waals surface area (Å²) in [6.45, 7) is 4.02. The van der Waals surface area contributed by atoms with E-state index in [1.165, 1.54) is 29.0 Å². The maximum Gasteiger partial charge on any atom is 0.379 e. The molecule has 1 fully saturated rings. The smallest absolute Gasteiger partial charge is 0.379 e. The lowest BCUT2D eigenvalue weighted by molar-refractivity contribution is -0.121. The van der Waals surface area contributed by atoms with Gasteiger partial charge in [0.2, 0.25) is 5.76 Å². The molecule has 7 heteroatoms. The molecule has 25 heavy (non-hydrogen) atoms. The van der Waals surface area contributed by atoms with Crippen molar-refractivity contribution in [2.45, 2.75) is 0 Å². The number of hydrogen-bond donors (Lipinski definition) is 0. The fourth-order valence-corrected chi connectivity index (χ4v) is 3.40. The van der Waals surface area contributed by atoms with Crippen LogP contribution in [0.2, 0.25) is 0 Å². The summed E-state index contributed by atoms with van der Waals surface area (Å²) < 4.78 is 10.7. The average Bonchev–Trinajstić information content (AvgIpc) is 3.22. The molecule has 2 aromatic rings. The van der Waals surface area contributed by atoms with Crippen LogP contribution in [0.3, 0.4) is 0 Å². The first-order valence-electron chi connectivity index (χ1n) is 7.30. The number of carbonyl (C=O) groups excluding carboxylic acids is 2. The first-order valence-corrected chi connectivity index (χ1v) is 8.53. The Morgan fingerprint density at radius 3 is 2.72 bits per heavy atom. The van der Waals surface area contributed by atoms with Crippen molar-refractivity contribution >= 4 is 46.3 Å². The Kier molecular flexibility index (Phi) is 5.16. The van der Waals surface area contributed by atoms with Crippen molar-refractivity contribution in [2.24, 2.45) is 0 Å². The van der Waals surface area contributed by atoms with Crippen LogP contribution in [-0.2, 0) is 4.79 Å². The molecule has 0 atom stereocenters. The van der Waals surface area contributed by atoms with E-state index in [2.05, 4.69) is 6.58 Å². The minimum atomic E-state index is -0.567. The molecule has 1 aliphatic rings. The Morgan fingerprint density at radius 2 is 2.08 bits per heavy atom. The molecule has 1 aromatic carbocycles. The van der Waals surface area contributed by atoms with Gasteiger partial charge < -0.3 is 9.15 Å². The van der Waals surface area contributed by atoms with Gasteiger partial charge in [0.05, 0.1) is 11.2 Å². The number of hydrogen-bond acceptors (Lipinski definition) is 6. The number of nitrogens with zero attached hydrogens (tertiary/aromatic N) is 1. The van der Waals surface area contributed by atoms with Crippen molar-refractivity contribution in [1.82, 2.24) is 4.90 Å². The second kappa shape index (κ2) is 7.50. The number of amides is 1. The van der Waals surface area contributed by atoms with E-state index in [4.69, 9.17) is 21.4 Å². The van der Waals surface area contributed by atoms with Crippen molar-refractivity contribution < 1.29 is 18.7 Å². The molecule has 1 aromatic heterocycles. The van der Waals surface area contributed by atoms with E-state index < -0.39 is 5.97 Å². The molecule has 0 bridgehead atoms. The zero-order chi connectivity index (χ0) is 17.8. The van der Waals surface area contributed by atoms with Gasteiger partial charge in [0, 0.05) is 6.54 Å². The number of carbonyl (C=O) groups is 2. The fraction of sp³-hybridized carbons (Fsp3) is 0.0556. The van der Waals surface area contributed by atoms with Crippen LogP contribution in [0.1, 0.15) is 16.1 Å². The quantitative estimate of drug-likeness (QED) is 0.261. The van der Waals surface area contributed by atoms with Crippen LogP contribution in [-0.4, -0.2) is 27.6 Å². The summed E-state index contributed by atoms with van der Waals surface area (Å²) in [5.74, 6) is -0.181. The first kappa shape index (κ1) is 17.2. The Hall–Kier alpha value is -2.64. The molecule has 2 heterocycles. The Morgan fingerprint density at radius 1 is 1.32 bits per heavy atom. The zero-order valence-electron chi connectivity index (χ0n) is 13.0. The second-order valence-electron chi connectivity index (χ2n) is 5.02. The van der Waals surface area contributed by atoms with E-state index in [9.17, 15) is 9.59 Å². The number of ether oxygens (including phenoxy) is 1.